The number of nitrogens with one attached hydrogen (secondary N) is 1. The normalized spacial score (nSPS) is 19.9. The zero-order valence-corrected chi connectivity index (χ0v) is 10.6. The van der Waals surface area contributed by atoms with Crippen LogP contribution in [0.5, 0.6) is 0 Å². The summed E-state index contributed by atoms with van der Waals surface area (Å²) in [5, 5.41) is 3.25. The zero-order chi connectivity index (χ0) is 12.7. The van der Waals surface area contributed by atoms with Gasteiger partial charge in [0.25, 0.3) is 0 Å². The Hall–Kier alpha value is -1.10. The molecule has 0 aromatic rings. The Balaban J connectivity index is 2.57. The SMILES string of the molecule is CCCCC(=O)N(CC(N)=O)C1CCCNC1. The Kier molecular flexibility index (Phi) is 5.97. The minimum atomic E-state index is -0.430. The number of amides is 2. The largest absolute Gasteiger partial charge is 0.368 e. The van der Waals surface area contributed by atoms with E-state index >= 15 is 0 Å². The van der Waals surface area contributed by atoms with Crippen molar-refractivity contribution >= 4 is 11.8 Å². The highest BCUT2D eigenvalue weighted by Crippen LogP contribution is 2.12. The molecule has 1 heterocycles. The molecule has 2 amide bonds. The molecule has 0 spiro atoms. The fourth-order valence-electron chi connectivity index (χ4n) is 2.16. The van der Waals surface area contributed by atoms with Crippen LogP contribution in [0.25, 0.3) is 0 Å². The molecule has 1 saturated heterocycles. The molecule has 1 fully saturated rings. The Morgan fingerprint density at radius 2 is 2.24 bits per heavy atom. The van der Waals surface area contributed by atoms with E-state index in [0.717, 1.165) is 38.8 Å². The van der Waals surface area contributed by atoms with Gasteiger partial charge >= 0.3 is 0 Å². The minimum absolute atomic E-state index is 0.0505. The average Bonchev–Trinajstić information content (AvgIpc) is 2.34. The Bertz CT molecular complexity index is 262. The summed E-state index contributed by atoms with van der Waals surface area (Å²) in [6, 6.07) is 0.126. The fourth-order valence-corrected chi connectivity index (χ4v) is 2.16. The molecular weight excluding hydrogens is 218 g/mol. The molecule has 0 radical (unpaired) electrons. The van der Waals surface area contributed by atoms with Gasteiger partial charge in [0.2, 0.25) is 11.8 Å². The van der Waals surface area contributed by atoms with Crippen LogP contribution in [0.15, 0.2) is 0 Å². The van der Waals surface area contributed by atoms with Crippen molar-refractivity contribution in [3.8, 4) is 0 Å². The molecule has 0 bridgehead atoms. The first-order valence-electron chi connectivity index (χ1n) is 6.43. The maximum atomic E-state index is 12.0. The summed E-state index contributed by atoms with van der Waals surface area (Å²) >= 11 is 0. The summed E-state index contributed by atoms with van der Waals surface area (Å²) in [4.78, 5) is 24.7. The summed E-state index contributed by atoms with van der Waals surface area (Å²) in [6.45, 7) is 3.86. The van der Waals surface area contributed by atoms with E-state index in [4.69, 9.17) is 5.73 Å². The maximum Gasteiger partial charge on any atom is 0.237 e. The van der Waals surface area contributed by atoms with E-state index in [1.54, 1.807) is 4.90 Å². The number of hydrogen-bond acceptors (Lipinski definition) is 3. The van der Waals surface area contributed by atoms with Gasteiger partial charge in [0.15, 0.2) is 0 Å². The molecule has 0 aliphatic carbocycles. The van der Waals surface area contributed by atoms with E-state index in [9.17, 15) is 9.59 Å². The van der Waals surface area contributed by atoms with Gasteiger partial charge in [-0.05, 0) is 25.8 Å². The van der Waals surface area contributed by atoms with Gasteiger partial charge in [-0.2, -0.15) is 0 Å². The first-order chi connectivity index (χ1) is 8.15. The molecule has 1 atom stereocenters. The molecule has 3 N–H and O–H groups in total. The van der Waals surface area contributed by atoms with Gasteiger partial charge in [0.05, 0.1) is 6.54 Å². The average molecular weight is 241 g/mol. The van der Waals surface area contributed by atoms with Crippen molar-refractivity contribution in [2.24, 2.45) is 5.73 Å². The van der Waals surface area contributed by atoms with Crippen molar-refractivity contribution in [2.45, 2.75) is 45.1 Å². The summed E-state index contributed by atoms with van der Waals surface area (Å²) in [5.41, 5.74) is 5.21. The second-order valence-corrected chi connectivity index (χ2v) is 4.59. The van der Waals surface area contributed by atoms with Crippen LogP contribution in [0.2, 0.25) is 0 Å². The number of rotatable bonds is 6. The van der Waals surface area contributed by atoms with Gasteiger partial charge in [0.1, 0.15) is 0 Å². The van der Waals surface area contributed by atoms with Gasteiger partial charge in [0, 0.05) is 19.0 Å². The molecular formula is C12H23N3O2. The number of nitrogens with zero attached hydrogens (tertiary/aromatic N) is 1. The lowest BCUT2D eigenvalue weighted by Crippen LogP contribution is -2.51. The highest BCUT2D eigenvalue weighted by Gasteiger charge is 2.25. The van der Waals surface area contributed by atoms with Gasteiger partial charge in [-0.3, -0.25) is 9.59 Å². The van der Waals surface area contributed by atoms with E-state index in [-0.39, 0.29) is 18.5 Å². The van der Waals surface area contributed by atoms with Crippen LogP contribution in [0.4, 0.5) is 0 Å². The molecule has 0 saturated carbocycles. The molecule has 0 aromatic heterocycles. The van der Waals surface area contributed by atoms with Crippen LogP contribution in [0, 0.1) is 0 Å². The molecule has 5 nitrogen and oxygen atoms in total. The van der Waals surface area contributed by atoms with Crippen LogP contribution >= 0.6 is 0 Å². The lowest BCUT2D eigenvalue weighted by molar-refractivity contribution is -0.138. The Morgan fingerprint density at radius 1 is 1.47 bits per heavy atom. The summed E-state index contributed by atoms with van der Waals surface area (Å²) in [5.74, 6) is -0.375. The number of primary amides is 1. The van der Waals surface area contributed by atoms with E-state index < -0.39 is 5.91 Å². The third-order valence-corrected chi connectivity index (χ3v) is 3.10. The van der Waals surface area contributed by atoms with Crippen molar-refractivity contribution in [2.75, 3.05) is 19.6 Å². The van der Waals surface area contributed by atoms with Crippen molar-refractivity contribution in [3.05, 3.63) is 0 Å². The molecule has 0 aromatic carbocycles. The van der Waals surface area contributed by atoms with E-state index in [1.165, 1.54) is 0 Å². The third kappa shape index (κ3) is 4.73. The fraction of sp³-hybridized carbons (Fsp3) is 0.833. The number of carbonyl (C=O) groups excluding carboxylic acids is 2. The molecule has 1 aliphatic rings. The lowest BCUT2D eigenvalue weighted by atomic mass is 10.0. The predicted octanol–water partition coefficient (Wildman–Crippen LogP) is 0.243. The zero-order valence-electron chi connectivity index (χ0n) is 10.6. The summed E-state index contributed by atoms with van der Waals surface area (Å²) in [6.07, 6.45) is 4.37. The van der Waals surface area contributed by atoms with Crippen LogP contribution in [-0.4, -0.2) is 42.4 Å². The van der Waals surface area contributed by atoms with Gasteiger partial charge in [-0.1, -0.05) is 13.3 Å². The third-order valence-electron chi connectivity index (χ3n) is 3.10. The topological polar surface area (TPSA) is 75.4 Å². The van der Waals surface area contributed by atoms with Crippen molar-refractivity contribution in [1.82, 2.24) is 10.2 Å². The molecule has 98 valence electrons. The smallest absolute Gasteiger partial charge is 0.237 e. The Labute approximate surface area is 103 Å². The van der Waals surface area contributed by atoms with E-state index in [1.807, 2.05) is 6.92 Å². The predicted molar refractivity (Wildman–Crippen MR) is 66.3 cm³/mol. The minimum Gasteiger partial charge on any atom is -0.368 e. The standard InChI is InChI=1S/C12H23N3O2/c1-2-3-6-12(17)15(9-11(13)16)10-5-4-7-14-8-10/h10,14H,2-9H2,1H3,(H2,13,16). The van der Waals surface area contributed by atoms with Gasteiger partial charge in [-0.15, -0.1) is 0 Å². The second kappa shape index (κ2) is 7.27. The summed E-state index contributed by atoms with van der Waals surface area (Å²) in [7, 11) is 0. The first kappa shape index (κ1) is 14.0. The van der Waals surface area contributed by atoms with Crippen molar-refractivity contribution in [1.29, 1.82) is 0 Å². The van der Waals surface area contributed by atoms with E-state index in [2.05, 4.69) is 5.32 Å². The van der Waals surface area contributed by atoms with E-state index in [0.29, 0.717) is 6.42 Å². The number of hydrogen-bond donors (Lipinski definition) is 2. The molecule has 17 heavy (non-hydrogen) atoms. The lowest BCUT2D eigenvalue weighted by Gasteiger charge is -2.34. The van der Waals surface area contributed by atoms with Crippen molar-refractivity contribution in [3.63, 3.8) is 0 Å². The van der Waals surface area contributed by atoms with Crippen molar-refractivity contribution < 1.29 is 9.59 Å². The number of piperidine rings is 1. The molecule has 5 heteroatoms. The monoisotopic (exact) mass is 241 g/mol. The molecule has 1 unspecified atom stereocenters. The number of nitrogens with two attached hydrogens (primary N) is 1. The molecule has 1 rings (SSSR count). The highest BCUT2D eigenvalue weighted by molar-refractivity contribution is 5.84. The van der Waals surface area contributed by atoms with Crippen LogP contribution in [-0.2, 0) is 9.59 Å². The van der Waals surface area contributed by atoms with Crippen LogP contribution < -0.4 is 11.1 Å². The Morgan fingerprint density at radius 3 is 2.76 bits per heavy atom. The maximum absolute atomic E-state index is 12.0. The van der Waals surface area contributed by atoms with Crippen LogP contribution in [0.1, 0.15) is 39.0 Å². The quantitative estimate of drug-likeness (QED) is 0.699. The second-order valence-electron chi connectivity index (χ2n) is 4.59. The number of carbonyl (C=O) groups is 2. The highest BCUT2D eigenvalue weighted by atomic mass is 16.2. The van der Waals surface area contributed by atoms with Gasteiger partial charge < -0.3 is 16.0 Å². The number of unbranched alkanes of at least 4 members (excludes halogenated alkanes) is 1. The van der Waals surface area contributed by atoms with Crippen LogP contribution in [0.3, 0.4) is 0 Å². The first-order valence-corrected chi connectivity index (χ1v) is 6.43. The molecule has 1 aliphatic heterocycles. The van der Waals surface area contributed by atoms with Gasteiger partial charge in [-0.25, -0.2) is 0 Å². The summed E-state index contributed by atoms with van der Waals surface area (Å²) < 4.78 is 0.